The van der Waals surface area contributed by atoms with E-state index in [-0.39, 0.29) is 23.4 Å². The summed E-state index contributed by atoms with van der Waals surface area (Å²) < 4.78 is 28.8. The van der Waals surface area contributed by atoms with Crippen molar-refractivity contribution < 1.29 is 13.2 Å². The van der Waals surface area contributed by atoms with Crippen LogP contribution in [0.5, 0.6) is 0 Å². The van der Waals surface area contributed by atoms with Gasteiger partial charge in [-0.15, -0.1) is 0 Å². The van der Waals surface area contributed by atoms with E-state index in [1.807, 2.05) is 0 Å². The molecule has 128 valence electrons. The molecule has 2 fully saturated rings. The van der Waals surface area contributed by atoms with E-state index in [1.54, 1.807) is 18.2 Å². The molecule has 1 N–H and O–H groups in total. The third-order valence-electron chi connectivity index (χ3n) is 4.46. The average Bonchev–Trinajstić information content (AvgIpc) is 3.26. The summed E-state index contributed by atoms with van der Waals surface area (Å²) in [5, 5.41) is 7.19. The summed E-state index contributed by atoms with van der Waals surface area (Å²) in [4.78, 5) is 12.2. The second kappa shape index (κ2) is 6.24. The van der Waals surface area contributed by atoms with E-state index >= 15 is 0 Å². The second-order valence-corrected chi connectivity index (χ2v) is 8.34. The lowest BCUT2D eigenvalue weighted by molar-refractivity contribution is -0.122. The van der Waals surface area contributed by atoms with Crippen LogP contribution in [0, 0.1) is 13.8 Å². The molecule has 1 aromatic rings. The highest BCUT2D eigenvalue weighted by Gasteiger charge is 2.32. The normalized spacial score (nSPS) is 19.7. The summed E-state index contributed by atoms with van der Waals surface area (Å²) in [7, 11) is -3.53. The van der Waals surface area contributed by atoms with Gasteiger partial charge in [-0.05, 0) is 39.5 Å². The number of carbonyl (C=O) groups is 1. The lowest BCUT2D eigenvalue weighted by atomic mass is 10.2. The molecule has 1 aliphatic heterocycles. The van der Waals surface area contributed by atoms with Crippen LogP contribution in [0.3, 0.4) is 0 Å². The minimum Gasteiger partial charge on any atom is -0.352 e. The van der Waals surface area contributed by atoms with Crippen molar-refractivity contribution in [2.24, 2.45) is 0 Å². The summed E-state index contributed by atoms with van der Waals surface area (Å²) in [6.45, 7) is 4.61. The molecule has 8 heteroatoms. The van der Waals surface area contributed by atoms with Crippen LogP contribution in [0.15, 0.2) is 4.90 Å². The maximum absolute atomic E-state index is 12.9. The highest BCUT2D eigenvalue weighted by Crippen LogP contribution is 2.26. The Morgan fingerprint density at radius 2 is 1.87 bits per heavy atom. The van der Waals surface area contributed by atoms with Gasteiger partial charge < -0.3 is 5.32 Å². The van der Waals surface area contributed by atoms with E-state index in [1.165, 1.54) is 4.68 Å². The molecule has 3 rings (SSSR count). The molecule has 0 aromatic carbocycles. The zero-order valence-corrected chi connectivity index (χ0v) is 14.5. The topological polar surface area (TPSA) is 84.3 Å². The molecule has 7 nitrogen and oxygen atoms in total. The number of nitrogens with one attached hydrogen (secondary N) is 1. The molecular weight excluding hydrogens is 316 g/mol. The van der Waals surface area contributed by atoms with E-state index in [2.05, 4.69) is 10.4 Å². The molecule has 1 saturated carbocycles. The minimum absolute atomic E-state index is 0.0681. The molecule has 2 aliphatic rings. The van der Waals surface area contributed by atoms with Crippen LogP contribution in [0.2, 0.25) is 0 Å². The number of nitrogens with zero attached hydrogens (tertiary/aromatic N) is 3. The van der Waals surface area contributed by atoms with E-state index in [9.17, 15) is 13.2 Å². The highest BCUT2D eigenvalue weighted by molar-refractivity contribution is 7.89. The van der Waals surface area contributed by atoms with Crippen molar-refractivity contribution in [1.82, 2.24) is 19.4 Å². The lowest BCUT2D eigenvalue weighted by Crippen LogP contribution is -2.36. The first kappa shape index (κ1) is 16.4. The van der Waals surface area contributed by atoms with Crippen molar-refractivity contribution in [3.8, 4) is 0 Å². The van der Waals surface area contributed by atoms with Gasteiger partial charge in [0.25, 0.3) is 0 Å². The standard InChI is InChI=1S/C15H24N4O3S/c1-11-15(23(21,22)18-8-4-3-5-9-18)12(2)19(17-11)10-14(20)16-13-6-7-13/h13H,3-10H2,1-2H3,(H,16,20). The fourth-order valence-electron chi connectivity index (χ4n) is 3.08. The van der Waals surface area contributed by atoms with Gasteiger partial charge in [0.2, 0.25) is 15.9 Å². The zero-order valence-electron chi connectivity index (χ0n) is 13.7. The number of hydrogen-bond donors (Lipinski definition) is 1. The van der Waals surface area contributed by atoms with Gasteiger partial charge in [0.15, 0.2) is 0 Å². The summed E-state index contributed by atoms with van der Waals surface area (Å²) in [5.74, 6) is -0.111. The van der Waals surface area contributed by atoms with Gasteiger partial charge in [-0.3, -0.25) is 9.48 Å². The smallest absolute Gasteiger partial charge is 0.246 e. The molecule has 0 radical (unpaired) electrons. The van der Waals surface area contributed by atoms with E-state index in [0.717, 1.165) is 32.1 Å². The molecule has 1 amide bonds. The Morgan fingerprint density at radius 1 is 1.22 bits per heavy atom. The van der Waals surface area contributed by atoms with Gasteiger partial charge in [0, 0.05) is 19.1 Å². The monoisotopic (exact) mass is 340 g/mol. The van der Waals surface area contributed by atoms with Crippen LogP contribution in [-0.2, 0) is 21.4 Å². The minimum atomic E-state index is -3.53. The van der Waals surface area contributed by atoms with Crippen LogP contribution < -0.4 is 5.32 Å². The van der Waals surface area contributed by atoms with Crippen molar-refractivity contribution >= 4 is 15.9 Å². The first-order valence-electron chi connectivity index (χ1n) is 8.23. The molecule has 0 unspecified atom stereocenters. The average molecular weight is 340 g/mol. The molecule has 0 atom stereocenters. The van der Waals surface area contributed by atoms with Gasteiger partial charge >= 0.3 is 0 Å². The number of aryl methyl sites for hydroxylation is 1. The first-order chi connectivity index (χ1) is 10.9. The first-order valence-corrected chi connectivity index (χ1v) is 9.67. The van der Waals surface area contributed by atoms with Crippen LogP contribution >= 0.6 is 0 Å². The van der Waals surface area contributed by atoms with Gasteiger partial charge in [-0.1, -0.05) is 6.42 Å². The fourth-order valence-corrected chi connectivity index (χ4v) is 4.97. The molecule has 2 heterocycles. The molecule has 1 saturated heterocycles. The quantitative estimate of drug-likeness (QED) is 0.865. The number of sulfonamides is 1. The van der Waals surface area contributed by atoms with Gasteiger partial charge in [0.1, 0.15) is 11.4 Å². The van der Waals surface area contributed by atoms with Crippen LogP contribution in [0.25, 0.3) is 0 Å². The van der Waals surface area contributed by atoms with Crippen LogP contribution in [0.1, 0.15) is 43.5 Å². The summed E-state index contributed by atoms with van der Waals surface area (Å²) in [5.41, 5.74) is 1.01. The molecule has 0 bridgehead atoms. The predicted octanol–water partition coefficient (Wildman–Crippen LogP) is 0.953. The van der Waals surface area contributed by atoms with Crippen LogP contribution in [-0.4, -0.2) is 47.5 Å². The van der Waals surface area contributed by atoms with Gasteiger partial charge in [-0.2, -0.15) is 9.40 Å². The third kappa shape index (κ3) is 3.42. The molecule has 1 aliphatic carbocycles. The summed E-state index contributed by atoms with van der Waals surface area (Å²) >= 11 is 0. The maximum Gasteiger partial charge on any atom is 0.246 e. The Labute approximate surface area is 137 Å². The van der Waals surface area contributed by atoms with Crippen molar-refractivity contribution in [3.63, 3.8) is 0 Å². The molecular formula is C15H24N4O3S. The van der Waals surface area contributed by atoms with Crippen molar-refractivity contribution in [1.29, 1.82) is 0 Å². The number of carbonyl (C=O) groups excluding carboxylic acids is 1. The zero-order chi connectivity index (χ0) is 16.6. The fraction of sp³-hybridized carbons (Fsp3) is 0.733. The SMILES string of the molecule is Cc1nn(CC(=O)NC2CC2)c(C)c1S(=O)(=O)N1CCCCC1. The molecule has 23 heavy (non-hydrogen) atoms. The molecule has 0 spiro atoms. The highest BCUT2D eigenvalue weighted by atomic mass is 32.2. The Morgan fingerprint density at radius 3 is 2.48 bits per heavy atom. The Balaban J connectivity index is 1.83. The third-order valence-corrected chi connectivity index (χ3v) is 6.62. The van der Waals surface area contributed by atoms with Crippen molar-refractivity contribution in [3.05, 3.63) is 11.4 Å². The predicted molar refractivity (Wildman–Crippen MR) is 85.5 cm³/mol. The van der Waals surface area contributed by atoms with Crippen molar-refractivity contribution in [2.45, 2.75) is 63.4 Å². The number of aromatic nitrogens is 2. The second-order valence-electron chi connectivity index (χ2n) is 6.46. The number of amides is 1. The maximum atomic E-state index is 12.9. The summed E-state index contributed by atoms with van der Waals surface area (Å²) in [6.07, 6.45) is 4.92. The molecule has 1 aromatic heterocycles. The number of hydrogen-bond acceptors (Lipinski definition) is 4. The van der Waals surface area contributed by atoms with E-state index in [0.29, 0.717) is 24.5 Å². The number of piperidine rings is 1. The van der Waals surface area contributed by atoms with Crippen molar-refractivity contribution in [2.75, 3.05) is 13.1 Å². The number of rotatable bonds is 5. The lowest BCUT2D eigenvalue weighted by Gasteiger charge is -2.25. The van der Waals surface area contributed by atoms with E-state index < -0.39 is 10.0 Å². The Bertz CT molecular complexity index is 701. The summed E-state index contributed by atoms with van der Waals surface area (Å²) in [6, 6.07) is 0.288. The van der Waals surface area contributed by atoms with Gasteiger partial charge in [-0.25, -0.2) is 8.42 Å². The van der Waals surface area contributed by atoms with E-state index in [4.69, 9.17) is 0 Å². The van der Waals surface area contributed by atoms with Crippen LogP contribution in [0.4, 0.5) is 0 Å². The Kier molecular flexibility index (Phi) is 4.46. The Hall–Kier alpha value is -1.41. The van der Waals surface area contributed by atoms with Gasteiger partial charge in [0.05, 0.1) is 11.4 Å². The largest absolute Gasteiger partial charge is 0.352 e.